The third-order valence-corrected chi connectivity index (χ3v) is 6.82. The van der Waals surface area contributed by atoms with Gasteiger partial charge in [0.15, 0.2) is 5.78 Å². The van der Waals surface area contributed by atoms with Crippen LogP contribution in [-0.4, -0.2) is 65.8 Å². The predicted octanol–water partition coefficient (Wildman–Crippen LogP) is 1.17. The summed E-state index contributed by atoms with van der Waals surface area (Å²) in [6.07, 6.45) is 0.787. The van der Waals surface area contributed by atoms with Crippen LogP contribution in [0.3, 0.4) is 0 Å². The minimum Gasteiger partial charge on any atom is -0.497 e. The quantitative estimate of drug-likeness (QED) is 0.452. The number of carbonyl (C=O) groups excluding carboxylic acids is 4. The first-order chi connectivity index (χ1) is 17.2. The molecule has 0 aliphatic carbocycles. The molecule has 0 saturated carbocycles. The smallest absolute Gasteiger partial charge is 0.243 e. The number of nitrogens with two attached hydrogens (primary N) is 1. The molecule has 0 spiro atoms. The Hall–Kier alpha value is -3.72. The van der Waals surface area contributed by atoms with Crippen LogP contribution in [0.1, 0.15) is 30.9 Å². The number of amides is 3. The number of rotatable bonds is 11. The Labute approximate surface area is 209 Å². The van der Waals surface area contributed by atoms with Crippen molar-refractivity contribution in [2.45, 2.75) is 56.3 Å². The molecule has 1 unspecified atom stereocenters. The molecule has 0 bridgehead atoms. The summed E-state index contributed by atoms with van der Waals surface area (Å²) < 4.78 is 10.6. The van der Waals surface area contributed by atoms with Crippen molar-refractivity contribution in [2.24, 2.45) is 5.73 Å². The van der Waals surface area contributed by atoms with E-state index >= 15 is 0 Å². The van der Waals surface area contributed by atoms with Crippen LogP contribution in [0.4, 0.5) is 0 Å². The van der Waals surface area contributed by atoms with Crippen LogP contribution in [0.15, 0.2) is 54.6 Å². The maximum atomic E-state index is 13.7. The van der Waals surface area contributed by atoms with Crippen molar-refractivity contribution in [3.63, 3.8) is 0 Å². The number of Topliss-reactive ketones (excluding diaryl/α,β-unsaturated/α-hetero) is 1. The monoisotopic (exact) mass is 493 g/mol. The highest BCUT2D eigenvalue weighted by molar-refractivity contribution is 5.99. The van der Waals surface area contributed by atoms with Crippen molar-refractivity contribution >= 4 is 23.5 Å². The van der Waals surface area contributed by atoms with E-state index in [0.717, 1.165) is 11.1 Å². The first-order valence-electron chi connectivity index (χ1n) is 12.0. The summed E-state index contributed by atoms with van der Waals surface area (Å²) in [7, 11) is 1.56. The molecule has 2 aliphatic rings. The van der Waals surface area contributed by atoms with E-state index in [1.54, 1.807) is 38.3 Å². The number of nitrogens with one attached hydrogen (secondary N) is 1. The molecule has 2 aliphatic heterocycles. The number of benzene rings is 2. The predicted molar refractivity (Wildman–Crippen MR) is 131 cm³/mol. The lowest BCUT2D eigenvalue weighted by molar-refractivity contribution is -0.143. The molecule has 4 atom stereocenters. The summed E-state index contributed by atoms with van der Waals surface area (Å²) in [4.78, 5) is 53.3. The molecule has 9 nitrogen and oxygen atoms in total. The number of epoxide rings is 1. The van der Waals surface area contributed by atoms with Gasteiger partial charge >= 0.3 is 0 Å². The Bertz CT molecular complexity index is 1130. The van der Waals surface area contributed by atoms with Crippen molar-refractivity contribution in [3.05, 3.63) is 65.7 Å². The lowest BCUT2D eigenvalue weighted by atomic mass is 9.94. The second-order valence-electron chi connectivity index (χ2n) is 9.46. The van der Waals surface area contributed by atoms with Gasteiger partial charge in [-0.15, -0.1) is 0 Å². The average molecular weight is 494 g/mol. The highest BCUT2D eigenvalue weighted by Gasteiger charge is 2.51. The van der Waals surface area contributed by atoms with Crippen molar-refractivity contribution in [2.75, 3.05) is 13.7 Å². The van der Waals surface area contributed by atoms with Gasteiger partial charge in [-0.25, -0.2) is 0 Å². The number of hydrogen-bond acceptors (Lipinski definition) is 6. The third-order valence-electron chi connectivity index (χ3n) is 6.82. The number of ketones is 1. The molecule has 3 N–H and O–H groups in total. The molecule has 2 heterocycles. The highest BCUT2D eigenvalue weighted by Crippen LogP contribution is 2.30. The number of ether oxygens (including phenoxy) is 2. The molecule has 36 heavy (non-hydrogen) atoms. The molecule has 2 aromatic rings. The van der Waals surface area contributed by atoms with Gasteiger partial charge in [-0.1, -0.05) is 42.5 Å². The molecule has 2 aromatic carbocycles. The Morgan fingerprint density at radius 1 is 1.11 bits per heavy atom. The number of hydrogen-bond donors (Lipinski definition) is 2. The SMILES string of the molecule is COc1ccc(C[C@@H](C(=O)N[C@@H](Cc2ccccc2)C(=O)[C@@]2(C)CO2)N2C(=O)CCC2C(N)=O)cc1. The molecule has 2 saturated heterocycles. The van der Waals surface area contributed by atoms with Crippen LogP contribution >= 0.6 is 0 Å². The Kier molecular flexibility index (Phi) is 7.40. The summed E-state index contributed by atoms with van der Waals surface area (Å²) in [6.45, 7) is 1.98. The maximum Gasteiger partial charge on any atom is 0.243 e. The van der Waals surface area contributed by atoms with Gasteiger partial charge in [0.1, 0.15) is 23.4 Å². The van der Waals surface area contributed by atoms with Gasteiger partial charge in [0.25, 0.3) is 0 Å². The van der Waals surface area contributed by atoms with Gasteiger partial charge < -0.3 is 25.4 Å². The number of likely N-dealkylation sites (tertiary alicyclic amines) is 1. The summed E-state index contributed by atoms with van der Waals surface area (Å²) in [5, 5.41) is 2.87. The number of methoxy groups -OCH3 is 1. The molecule has 2 fully saturated rings. The van der Waals surface area contributed by atoms with Crippen LogP contribution in [0.25, 0.3) is 0 Å². The van der Waals surface area contributed by atoms with E-state index in [2.05, 4.69) is 5.32 Å². The summed E-state index contributed by atoms with van der Waals surface area (Å²) in [6, 6.07) is 13.7. The zero-order valence-corrected chi connectivity index (χ0v) is 20.4. The molecule has 0 radical (unpaired) electrons. The first kappa shape index (κ1) is 25.4. The van der Waals surface area contributed by atoms with Crippen molar-refractivity contribution in [1.82, 2.24) is 10.2 Å². The van der Waals surface area contributed by atoms with E-state index < -0.39 is 35.5 Å². The van der Waals surface area contributed by atoms with Gasteiger partial charge in [0.05, 0.1) is 19.8 Å². The molecule has 190 valence electrons. The fourth-order valence-electron chi connectivity index (χ4n) is 4.62. The number of primary amides is 1. The molecule has 4 rings (SSSR count). The average Bonchev–Trinajstić information content (AvgIpc) is 3.51. The van der Waals surface area contributed by atoms with Crippen molar-refractivity contribution in [1.29, 1.82) is 0 Å². The fraction of sp³-hybridized carbons (Fsp3) is 0.407. The minimum atomic E-state index is -1.02. The van der Waals surface area contributed by atoms with Crippen LogP contribution in [0.2, 0.25) is 0 Å². The number of carbonyl (C=O) groups is 4. The Morgan fingerprint density at radius 2 is 1.75 bits per heavy atom. The summed E-state index contributed by atoms with van der Waals surface area (Å²) in [5.74, 6) is -1.09. The number of nitrogens with zero attached hydrogens (tertiary/aromatic N) is 1. The maximum absolute atomic E-state index is 13.7. The highest BCUT2D eigenvalue weighted by atomic mass is 16.6. The van der Waals surface area contributed by atoms with Crippen molar-refractivity contribution in [3.8, 4) is 5.75 Å². The zero-order valence-electron chi connectivity index (χ0n) is 20.4. The lowest BCUT2D eigenvalue weighted by Crippen LogP contribution is -2.58. The molecule has 3 amide bonds. The Morgan fingerprint density at radius 3 is 2.33 bits per heavy atom. The van der Waals surface area contributed by atoms with Gasteiger partial charge in [0, 0.05) is 12.8 Å². The second-order valence-corrected chi connectivity index (χ2v) is 9.46. The van der Waals surface area contributed by atoms with Gasteiger partial charge in [0.2, 0.25) is 17.7 Å². The Balaban J connectivity index is 1.63. The van der Waals surface area contributed by atoms with E-state index in [4.69, 9.17) is 15.2 Å². The molecule has 9 heteroatoms. The molecule has 0 aromatic heterocycles. The first-order valence-corrected chi connectivity index (χ1v) is 12.0. The second kappa shape index (κ2) is 10.5. The van der Waals surface area contributed by atoms with Crippen molar-refractivity contribution < 1.29 is 28.7 Å². The van der Waals surface area contributed by atoms with Gasteiger partial charge in [-0.05, 0) is 43.0 Å². The van der Waals surface area contributed by atoms with E-state index in [0.29, 0.717) is 5.75 Å². The van der Waals surface area contributed by atoms with E-state index in [9.17, 15) is 19.2 Å². The van der Waals surface area contributed by atoms with Crippen LogP contribution in [0.5, 0.6) is 5.75 Å². The minimum absolute atomic E-state index is 0.123. The lowest BCUT2D eigenvalue weighted by Gasteiger charge is -2.32. The van der Waals surface area contributed by atoms with E-state index in [1.165, 1.54) is 4.90 Å². The van der Waals surface area contributed by atoms with Gasteiger partial charge in [-0.2, -0.15) is 0 Å². The molecular formula is C27H31N3O6. The fourth-order valence-corrected chi connectivity index (χ4v) is 4.62. The van der Waals surface area contributed by atoms with E-state index in [-0.39, 0.29) is 44.0 Å². The van der Waals surface area contributed by atoms with Crippen LogP contribution < -0.4 is 15.8 Å². The summed E-state index contributed by atoms with van der Waals surface area (Å²) >= 11 is 0. The topological polar surface area (TPSA) is 131 Å². The van der Waals surface area contributed by atoms with E-state index in [1.807, 2.05) is 30.3 Å². The van der Waals surface area contributed by atoms with Crippen LogP contribution in [-0.2, 0) is 36.8 Å². The standard InChI is InChI=1S/C27H31N3O6/c1-27(16-36-27)24(32)20(14-17-6-4-3-5-7-17)29-26(34)22(15-18-8-10-19(35-2)11-9-18)30-21(25(28)33)12-13-23(30)31/h3-11,20-22H,12-16H2,1-2H3,(H2,28,33)(H,29,34)/t20-,21?,22-,27+/m0/s1. The van der Waals surface area contributed by atoms with Gasteiger partial charge in [-0.3, -0.25) is 19.2 Å². The zero-order chi connectivity index (χ0) is 25.9. The largest absolute Gasteiger partial charge is 0.497 e. The normalized spacial score (nSPS) is 22.6. The summed E-state index contributed by atoms with van der Waals surface area (Å²) in [5.41, 5.74) is 6.28. The molecular weight excluding hydrogens is 462 g/mol. The van der Waals surface area contributed by atoms with Crippen LogP contribution in [0, 0.1) is 0 Å². The third kappa shape index (κ3) is 5.57.